The third-order valence-electron chi connectivity index (χ3n) is 3.84. The van der Waals surface area contributed by atoms with Gasteiger partial charge in [-0.15, -0.1) is 10.2 Å². The Labute approximate surface area is 151 Å². The molecule has 0 aliphatic heterocycles. The molecule has 1 heterocycles. The molecule has 0 unspecified atom stereocenters. The van der Waals surface area contributed by atoms with Gasteiger partial charge in [0.25, 0.3) is 0 Å². The first-order chi connectivity index (χ1) is 12.6. The Kier molecular flexibility index (Phi) is 5.26. The predicted molar refractivity (Wildman–Crippen MR) is 97.9 cm³/mol. The molecule has 136 valence electrons. The molecule has 0 atom stereocenters. The molecule has 0 amide bonds. The number of anilines is 1. The Morgan fingerprint density at radius 2 is 1.69 bits per heavy atom. The van der Waals surface area contributed by atoms with Crippen LogP contribution in [0.1, 0.15) is 11.5 Å². The molecule has 1 N–H and O–H groups in total. The molecule has 0 saturated heterocycles. The van der Waals surface area contributed by atoms with Crippen LogP contribution in [0.3, 0.4) is 0 Å². The van der Waals surface area contributed by atoms with Crippen LogP contribution in [-0.2, 0) is 6.54 Å². The van der Waals surface area contributed by atoms with Gasteiger partial charge in [-0.1, -0.05) is 17.7 Å². The number of ether oxygens (including phenoxy) is 3. The largest absolute Gasteiger partial charge is 0.493 e. The van der Waals surface area contributed by atoms with Crippen LogP contribution in [0.4, 0.5) is 5.69 Å². The summed E-state index contributed by atoms with van der Waals surface area (Å²) >= 11 is 0. The Bertz CT molecular complexity index is 867. The van der Waals surface area contributed by atoms with Gasteiger partial charge in [0.1, 0.15) is 0 Å². The van der Waals surface area contributed by atoms with Gasteiger partial charge in [0.05, 0.1) is 27.9 Å². The van der Waals surface area contributed by atoms with E-state index in [1.807, 2.05) is 43.3 Å². The number of aryl methyl sites for hydroxylation is 1. The highest BCUT2D eigenvalue weighted by atomic mass is 16.5. The molecule has 0 spiro atoms. The van der Waals surface area contributed by atoms with Gasteiger partial charge in [-0.3, -0.25) is 0 Å². The molecule has 3 aromatic rings. The minimum Gasteiger partial charge on any atom is -0.493 e. The van der Waals surface area contributed by atoms with Crippen LogP contribution in [-0.4, -0.2) is 31.5 Å². The first-order valence-corrected chi connectivity index (χ1v) is 8.08. The molecule has 0 aliphatic rings. The second-order valence-electron chi connectivity index (χ2n) is 5.64. The summed E-state index contributed by atoms with van der Waals surface area (Å²) in [5, 5.41) is 11.4. The zero-order valence-corrected chi connectivity index (χ0v) is 15.2. The van der Waals surface area contributed by atoms with Crippen LogP contribution in [0.5, 0.6) is 17.2 Å². The first-order valence-electron chi connectivity index (χ1n) is 8.08. The average molecular weight is 355 g/mol. The number of methoxy groups -OCH3 is 3. The molecule has 2 aromatic carbocycles. The van der Waals surface area contributed by atoms with Crippen LogP contribution < -0.4 is 19.5 Å². The monoisotopic (exact) mass is 355 g/mol. The van der Waals surface area contributed by atoms with Crippen molar-refractivity contribution >= 4 is 5.69 Å². The molecule has 0 radical (unpaired) electrons. The summed E-state index contributed by atoms with van der Waals surface area (Å²) in [4.78, 5) is 0. The van der Waals surface area contributed by atoms with Crippen molar-refractivity contribution in [3.63, 3.8) is 0 Å². The molecule has 0 saturated carbocycles. The van der Waals surface area contributed by atoms with Gasteiger partial charge in [0, 0.05) is 23.4 Å². The molecule has 0 fully saturated rings. The number of aromatic nitrogens is 2. The van der Waals surface area contributed by atoms with Gasteiger partial charge < -0.3 is 23.9 Å². The fourth-order valence-corrected chi connectivity index (χ4v) is 2.58. The molecule has 1 aromatic heterocycles. The highest BCUT2D eigenvalue weighted by molar-refractivity contribution is 5.62. The second kappa shape index (κ2) is 7.77. The zero-order valence-electron chi connectivity index (χ0n) is 15.2. The van der Waals surface area contributed by atoms with E-state index in [0.717, 1.165) is 16.8 Å². The minimum atomic E-state index is 0.372. The quantitative estimate of drug-likeness (QED) is 0.692. The van der Waals surface area contributed by atoms with Crippen LogP contribution in [0.25, 0.3) is 11.5 Å². The molecular formula is C19H21N3O4. The maximum Gasteiger partial charge on any atom is 0.247 e. The fraction of sp³-hybridized carbons (Fsp3) is 0.263. The smallest absolute Gasteiger partial charge is 0.247 e. The zero-order chi connectivity index (χ0) is 18.5. The fourth-order valence-electron chi connectivity index (χ4n) is 2.58. The Balaban J connectivity index is 1.75. The lowest BCUT2D eigenvalue weighted by atomic mass is 10.1. The maximum atomic E-state index is 5.73. The number of benzene rings is 2. The lowest BCUT2D eigenvalue weighted by Crippen LogP contribution is -2.02. The number of nitrogens with zero attached hydrogens (tertiary/aromatic N) is 2. The van der Waals surface area contributed by atoms with Gasteiger partial charge in [-0.2, -0.15) is 0 Å². The van der Waals surface area contributed by atoms with Crippen molar-refractivity contribution in [3.8, 4) is 28.7 Å². The molecule has 0 bridgehead atoms. The third-order valence-corrected chi connectivity index (χ3v) is 3.84. The molecule has 0 aliphatic carbocycles. The van der Waals surface area contributed by atoms with Gasteiger partial charge in [-0.05, 0) is 19.1 Å². The van der Waals surface area contributed by atoms with E-state index in [4.69, 9.17) is 18.6 Å². The number of hydrogen-bond donors (Lipinski definition) is 1. The van der Waals surface area contributed by atoms with E-state index in [2.05, 4.69) is 15.5 Å². The summed E-state index contributed by atoms with van der Waals surface area (Å²) in [6, 6.07) is 11.6. The Morgan fingerprint density at radius 1 is 0.962 bits per heavy atom. The minimum absolute atomic E-state index is 0.372. The highest BCUT2D eigenvalue weighted by Crippen LogP contribution is 2.40. The van der Waals surface area contributed by atoms with E-state index in [1.54, 1.807) is 21.3 Å². The van der Waals surface area contributed by atoms with Crippen molar-refractivity contribution in [3.05, 3.63) is 47.9 Å². The van der Waals surface area contributed by atoms with Gasteiger partial charge in [0.2, 0.25) is 17.5 Å². The van der Waals surface area contributed by atoms with Gasteiger partial charge in [-0.25, -0.2) is 0 Å². The van der Waals surface area contributed by atoms with Crippen LogP contribution in [0, 0.1) is 6.92 Å². The van der Waals surface area contributed by atoms with Crippen LogP contribution in [0.2, 0.25) is 0 Å². The Morgan fingerprint density at radius 3 is 2.31 bits per heavy atom. The van der Waals surface area contributed by atoms with Crippen LogP contribution >= 0.6 is 0 Å². The number of hydrogen-bond acceptors (Lipinski definition) is 7. The summed E-state index contributed by atoms with van der Waals surface area (Å²) in [5.41, 5.74) is 2.82. The molecule has 7 nitrogen and oxygen atoms in total. The molecule has 26 heavy (non-hydrogen) atoms. The van der Waals surface area contributed by atoms with Gasteiger partial charge in [0.15, 0.2) is 11.5 Å². The van der Waals surface area contributed by atoms with E-state index >= 15 is 0 Å². The summed E-state index contributed by atoms with van der Waals surface area (Å²) < 4.78 is 21.7. The number of nitrogens with one attached hydrogen (secondary N) is 1. The number of rotatable bonds is 7. The van der Waals surface area contributed by atoms with Crippen molar-refractivity contribution in [2.75, 3.05) is 26.6 Å². The van der Waals surface area contributed by atoms with Crippen molar-refractivity contribution in [1.82, 2.24) is 10.2 Å². The molecule has 7 heteroatoms. The van der Waals surface area contributed by atoms with E-state index in [1.165, 1.54) is 0 Å². The van der Waals surface area contributed by atoms with E-state index in [-0.39, 0.29) is 0 Å². The Hall–Kier alpha value is -3.22. The molecule has 3 rings (SSSR count). The summed E-state index contributed by atoms with van der Waals surface area (Å²) in [6.45, 7) is 2.39. The standard InChI is InChI=1S/C19H21N3O4/c1-12-6-5-7-13(8-12)19-22-21-17(26-19)11-20-14-9-15(23-2)18(25-4)16(10-14)24-3/h5-10,20H,11H2,1-4H3. The summed E-state index contributed by atoms with van der Waals surface area (Å²) in [7, 11) is 4.72. The van der Waals surface area contributed by atoms with Gasteiger partial charge >= 0.3 is 0 Å². The molecular weight excluding hydrogens is 334 g/mol. The van der Waals surface area contributed by atoms with Crippen molar-refractivity contribution in [1.29, 1.82) is 0 Å². The topological polar surface area (TPSA) is 78.6 Å². The van der Waals surface area contributed by atoms with E-state index in [9.17, 15) is 0 Å². The highest BCUT2D eigenvalue weighted by Gasteiger charge is 2.14. The average Bonchev–Trinajstić information content (AvgIpc) is 3.14. The first kappa shape index (κ1) is 17.6. The lowest BCUT2D eigenvalue weighted by molar-refractivity contribution is 0.324. The van der Waals surface area contributed by atoms with E-state index < -0.39 is 0 Å². The van der Waals surface area contributed by atoms with Crippen molar-refractivity contribution in [2.24, 2.45) is 0 Å². The maximum absolute atomic E-state index is 5.73. The van der Waals surface area contributed by atoms with Crippen molar-refractivity contribution in [2.45, 2.75) is 13.5 Å². The second-order valence-corrected chi connectivity index (χ2v) is 5.64. The van der Waals surface area contributed by atoms with Crippen molar-refractivity contribution < 1.29 is 18.6 Å². The summed E-state index contributed by atoms with van der Waals surface area (Å²) in [5.74, 6) is 2.66. The third kappa shape index (κ3) is 3.72. The lowest BCUT2D eigenvalue weighted by Gasteiger charge is -2.14. The van der Waals surface area contributed by atoms with Crippen LogP contribution in [0.15, 0.2) is 40.8 Å². The SMILES string of the molecule is COc1cc(NCc2nnc(-c3cccc(C)c3)o2)cc(OC)c1OC. The summed E-state index contributed by atoms with van der Waals surface area (Å²) in [6.07, 6.45) is 0. The van der Waals surface area contributed by atoms with E-state index in [0.29, 0.717) is 35.6 Å². The predicted octanol–water partition coefficient (Wildman–Crippen LogP) is 3.68. The normalized spacial score (nSPS) is 10.5.